The summed E-state index contributed by atoms with van der Waals surface area (Å²) in [6.45, 7) is 14.7. The number of piperazine rings is 1. The number of esters is 1. The average Bonchev–Trinajstić information content (AvgIpc) is 3.26. The minimum Gasteiger partial charge on any atom is -0.465 e. The molecule has 0 radical (unpaired) electrons. The molecule has 1 aromatic carbocycles. The van der Waals surface area contributed by atoms with Crippen molar-refractivity contribution in [1.82, 2.24) is 14.9 Å². The fraction of sp³-hybridized carbons (Fsp3) is 0.471. The lowest BCUT2D eigenvalue weighted by Crippen LogP contribution is -2.61. The summed E-state index contributed by atoms with van der Waals surface area (Å²) in [4.78, 5) is 42.3. The van der Waals surface area contributed by atoms with E-state index in [0.717, 1.165) is 41.3 Å². The summed E-state index contributed by atoms with van der Waals surface area (Å²) in [6, 6.07) is 10.6. The van der Waals surface area contributed by atoms with Gasteiger partial charge in [-0.25, -0.2) is 19.2 Å². The second kappa shape index (κ2) is 10.4. The maximum atomic E-state index is 14.5. The molecule has 44 heavy (non-hydrogen) atoms. The Morgan fingerprint density at radius 1 is 0.977 bits per heavy atom. The van der Waals surface area contributed by atoms with Gasteiger partial charge in [0.1, 0.15) is 17.3 Å². The third-order valence-electron chi connectivity index (χ3n) is 9.44. The van der Waals surface area contributed by atoms with Crippen molar-refractivity contribution in [3.8, 4) is 0 Å². The summed E-state index contributed by atoms with van der Waals surface area (Å²) in [5.41, 5.74) is 4.34. The van der Waals surface area contributed by atoms with Crippen LogP contribution in [-0.2, 0) is 10.2 Å². The van der Waals surface area contributed by atoms with Gasteiger partial charge in [-0.3, -0.25) is 4.79 Å². The highest BCUT2D eigenvalue weighted by atomic mass is 35.5. The monoisotopic (exact) mass is 619 g/mol. The zero-order chi connectivity index (χ0) is 31.8. The van der Waals surface area contributed by atoms with Gasteiger partial charge >= 0.3 is 5.97 Å². The maximum Gasteiger partial charge on any atom is 0.339 e. The summed E-state index contributed by atoms with van der Waals surface area (Å²) in [5.74, 6) is -0.186. The van der Waals surface area contributed by atoms with Crippen LogP contribution >= 0.6 is 11.6 Å². The van der Waals surface area contributed by atoms with Crippen LogP contribution in [0.25, 0.3) is 0 Å². The fourth-order valence-electron chi connectivity index (χ4n) is 7.83. The van der Waals surface area contributed by atoms with E-state index in [1.165, 1.54) is 13.2 Å². The summed E-state index contributed by atoms with van der Waals surface area (Å²) >= 11 is 5.98. The Morgan fingerprint density at radius 2 is 1.70 bits per heavy atom. The number of fused-ring (bicyclic) bond motifs is 2. The highest BCUT2D eigenvalue weighted by Crippen LogP contribution is 2.61. The van der Waals surface area contributed by atoms with Gasteiger partial charge in [-0.05, 0) is 87.9 Å². The van der Waals surface area contributed by atoms with Gasteiger partial charge < -0.3 is 19.4 Å². The van der Waals surface area contributed by atoms with Crippen LogP contribution in [0.5, 0.6) is 0 Å². The van der Waals surface area contributed by atoms with Crippen molar-refractivity contribution < 1.29 is 18.7 Å². The first-order chi connectivity index (χ1) is 20.6. The maximum absolute atomic E-state index is 14.5. The molecule has 1 amide bonds. The number of ether oxygens (including phenoxy) is 1. The summed E-state index contributed by atoms with van der Waals surface area (Å²) in [7, 11) is 1.37. The number of aryl methyl sites for hydroxylation is 2. The Balaban J connectivity index is 1.27. The van der Waals surface area contributed by atoms with Gasteiger partial charge in [0.25, 0.3) is 5.91 Å². The van der Waals surface area contributed by atoms with Crippen molar-refractivity contribution in [1.29, 1.82) is 0 Å². The summed E-state index contributed by atoms with van der Waals surface area (Å²) in [5, 5.41) is 0.0914. The van der Waals surface area contributed by atoms with Gasteiger partial charge in [-0.2, -0.15) is 0 Å². The van der Waals surface area contributed by atoms with E-state index in [1.54, 1.807) is 12.1 Å². The molecule has 4 heterocycles. The highest BCUT2D eigenvalue weighted by Gasteiger charge is 2.57. The van der Waals surface area contributed by atoms with Gasteiger partial charge in [0, 0.05) is 37.3 Å². The Hall–Kier alpha value is -3.72. The number of carbonyl (C=O) groups is 2. The molecule has 2 fully saturated rings. The number of aromatic nitrogens is 2. The van der Waals surface area contributed by atoms with Gasteiger partial charge in [-0.1, -0.05) is 25.4 Å². The molecule has 6 rings (SSSR count). The standard InChI is InChI=1S/C34H39ClFN5O3/c1-20-14-27(37-21(2)28(20)31(43)44-7)39-12-13-41(33(5,6)18-39)30(42)25-10-11-26-29(38-25)34(16-32(3,4)17-34)19-40(26)22-8-9-23(35)24(36)15-22/h8-11,14-15H,12-13,16-19H2,1-7H3. The first kappa shape index (κ1) is 30.3. The number of hydrogen-bond acceptors (Lipinski definition) is 7. The zero-order valence-corrected chi connectivity index (χ0v) is 27.2. The van der Waals surface area contributed by atoms with E-state index in [9.17, 15) is 14.0 Å². The van der Waals surface area contributed by atoms with Crippen molar-refractivity contribution in [3.05, 3.63) is 75.4 Å². The van der Waals surface area contributed by atoms with Crippen LogP contribution in [0.15, 0.2) is 36.4 Å². The van der Waals surface area contributed by atoms with Crippen molar-refractivity contribution in [3.63, 3.8) is 0 Å². The molecule has 1 aliphatic carbocycles. The van der Waals surface area contributed by atoms with Crippen LogP contribution < -0.4 is 9.80 Å². The Morgan fingerprint density at radius 3 is 2.32 bits per heavy atom. The average molecular weight is 620 g/mol. The number of rotatable bonds is 4. The number of methoxy groups -OCH3 is 1. The van der Waals surface area contributed by atoms with Crippen molar-refractivity contribution >= 4 is 40.7 Å². The number of pyridine rings is 2. The van der Waals surface area contributed by atoms with E-state index in [-0.39, 0.29) is 21.8 Å². The summed E-state index contributed by atoms with van der Waals surface area (Å²) in [6.07, 6.45) is 1.88. The highest BCUT2D eigenvalue weighted by molar-refractivity contribution is 6.30. The SMILES string of the molecule is COC(=O)c1c(C)cc(N2CCN(C(=O)c3ccc4c(n3)C3(CN4c4ccc(Cl)c(F)c4)CC(C)(C)C3)C(C)(C)C2)nc1C. The minimum absolute atomic E-state index is 0.0914. The molecule has 2 aliphatic heterocycles. The predicted molar refractivity (Wildman–Crippen MR) is 170 cm³/mol. The first-order valence-corrected chi connectivity index (χ1v) is 15.4. The molecule has 1 spiro atoms. The number of nitrogens with zero attached hydrogens (tertiary/aromatic N) is 5. The van der Waals surface area contributed by atoms with Gasteiger partial charge in [0.15, 0.2) is 0 Å². The first-order valence-electron chi connectivity index (χ1n) is 15.0. The molecule has 10 heteroatoms. The van der Waals surface area contributed by atoms with Crippen molar-refractivity contribution in [2.75, 3.05) is 43.1 Å². The number of benzene rings is 1. The Labute approximate surface area is 263 Å². The number of hydrogen-bond donors (Lipinski definition) is 0. The van der Waals surface area contributed by atoms with E-state index in [0.29, 0.717) is 43.1 Å². The molecule has 232 valence electrons. The van der Waals surface area contributed by atoms with E-state index in [1.807, 2.05) is 36.9 Å². The lowest BCUT2D eigenvalue weighted by atomic mass is 9.53. The normalized spacial score (nSPS) is 19.5. The molecule has 2 aromatic heterocycles. The predicted octanol–water partition coefficient (Wildman–Crippen LogP) is 6.62. The number of anilines is 3. The number of carbonyl (C=O) groups excluding carboxylic acids is 2. The lowest BCUT2D eigenvalue weighted by Gasteiger charge is -2.51. The molecule has 1 saturated heterocycles. The second-order valence-electron chi connectivity index (χ2n) is 14.0. The molecule has 8 nitrogen and oxygen atoms in total. The molecule has 0 N–H and O–H groups in total. The number of halogens is 2. The fourth-order valence-corrected chi connectivity index (χ4v) is 7.95. The van der Waals surface area contributed by atoms with E-state index >= 15 is 0 Å². The molecule has 0 bridgehead atoms. The van der Waals surface area contributed by atoms with Crippen molar-refractivity contribution in [2.45, 2.75) is 65.3 Å². The molecule has 0 atom stereocenters. The zero-order valence-electron chi connectivity index (χ0n) is 26.4. The topological polar surface area (TPSA) is 78.9 Å². The third kappa shape index (κ3) is 4.99. The Kier molecular flexibility index (Phi) is 7.19. The minimum atomic E-state index is -0.510. The molecule has 1 saturated carbocycles. The van der Waals surface area contributed by atoms with Crippen LogP contribution in [0.1, 0.15) is 78.3 Å². The molecule has 3 aliphatic rings. The van der Waals surface area contributed by atoms with Crippen LogP contribution in [-0.4, -0.2) is 65.6 Å². The largest absolute Gasteiger partial charge is 0.465 e. The molecule has 0 unspecified atom stereocenters. The Bertz CT molecular complexity index is 1660. The molecule has 3 aromatic rings. The number of amides is 1. The van der Waals surface area contributed by atoms with Crippen LogP contribution in [0, 0.1) is 25.1 Å². The van der Waals surface area contributed by atoms with Gasteiger partial charge in [-0.15, -0.1) is 0 Å². The molecular formula is C34H39ClFN5O3. The van der Waals surface area contributed by atoms with E-state index < -0.39 is 17.3 Å². The smallest absolute Gasteiger partial charge is 0.339 e. The van der Waals surface area contributed by atoms with E-state index in [4.69, 9.17) is 26.3 Å². The van der Waals surface area contributed by atoms with Crippen LogP contribution in [0.4, 0.5) is 21.6 Å². The second-order valence-corrected chi connectivity index (χ2v) is 14.4. The van der Waals surface area contributed by atoms with Gasteiger partial charge in [0.2, 0.25) is 0 Å². The van der Waals surface area contributed by atoms with Gasteiger partial charge in [0.05, 0.1) is 40.3 Å². The third-order valence-corrected chi connectivity index (χ3v) is 9.75. The quantitative estimate of drug-likeness (QED) is 0.304. The summed E-state index contributed by atoms with van der Waals surface area (Å²) < 4.78 is 19.4. The molecular weight excluding hydrogens is 581 g/mol. The van der Waals surface area contributed by atoms with E-state index in [2.05, 4.69) is 37.5 Å². The van der Waals surface area contributed by atoms with Crippen molar-refractivity contribution in [2.24, 2.45) is 5.41 Å². The lowest BCUT2D eigenvalue weighted by molar-refractivity contribution is 0.0501. The van der Waals surface area contributed by atoms with Crippen LogP contribution in [0.2, 0.25) is 5.02 Å². The van der Waals surface area contributed by atoms with Crippen LogP contribution in [0.3, 0.4) is 0 Å².